The van der Waals surface area contributed by atoms with Crippen LogP contribution in [0.4, 0.5) is 0 Å². The molecule has 1 aromatic carbocycles. The Bertz CT molecular complexity index is 399. The fourth-order valence-corrected chi connectivity index (χ4v) is 2.85. The summed E-state index contributed by atoms with van der Waals surface area (Å²) in [5, 5.41) is 9.05. The highest BCUT2D eigenvalue weighted by Gasteiger charge is 2.23. The molecule has 1 aliphatic rings. The number of hydrogen-bond donors (Lipinski definition) is 1. The van der Waals surface area contributed by atoms with Crippen LogP contribution in [-0.4, -0.2) is 54.1 Å². The van der Waals surface area contributed by atoms with Crippen LogP contribution in [0.3, 0.4) is 0 Å². The van der Waals surface area contributed by atoms with Gasteiger partial charge >= 0.3 is 0 Å². The second-order valence-electron chi connectivity index (χ2n) is 4.43. The molecular weight excluding hydrogens is 262 g/mol. The summed E-state index contributed by atoms with van der Waals surface area (Å²) >= 11 is 1.69. The number of carbonyl (C=O) groups is 1. The summed E-state index contributed by atoms with van der Waals surface area (Å²) in [5.41, 5.74) is 0. The Balaban J connectivity index is 1.72. The van der Waals surface area contributed by atoms with E-state index in [4.69, 9.17) is 9.84 Å². The maximum Gasteiger partial charge on any atom is 0.223 e. The Morgan fingerprint density at radius 3 is 2.95 bits per heavy atom. The van der Waals surface area contributed by atoms with E-state index in [1.807, 2.05) is 30.3 Å². The molecule has 1 amide bonds. The minimum absolute atomic E-state index is 0.0253. The Labute approximate surface area is 117 Å². The van der Waals surface area contributed by atoms with Gasteiger partial charge in [-0.1, -0.05) is 18.2 Å². The average molecular weight is 281 g/mol. The van der Waals surface area contributed by atoms with E-state index in [2.05, 4.69) is 0 Å². The third-order valence-corrected chi connectivity index (χ3v) is 4.04. The summed E-state index contributed by atoms with van der Waals surface area (Å²) in [7, 11) is 0. The number of carbonyl (C=O) groups excluding carboxylic acids is 1. The highest BCUT2D eigenvalue weighted by Crippen LogP contribution is 2.18. The molecule has 1 saturated heterocycles. The second kappa shape index (κ2) is 7.53. The number of morpholine rings is 1. The molecule has 0 aliphatic carbocycles. The van der Waals surface area contributed by atoms with Crippen LogP contribution in [0.2, 0.25) is 0 Å². The molecule has 5 heteroatoms. The van der Waals surface area contributed by atoms with Gasteiger partial charge in [0, 0.05) is 30.2 Å². The van der Waals surface area contributed by atoms with Crippen LogP contribution in [0, 0.1) is 0 Å². The van der Waals surface area contributed by atoms with Crippen molar-refractivity contribution in [2.45, 2.75) is 17.4 Å². The van der Waals surface area contributed by atoms with Crippen molar-refractivity contribution in [3.8, 4) is 0 Å². The molecule has 1 heterocycles. The maximum absolute atomic E-state index is 12.0. The Morgan fingerprint density at radius 1 is 1.42 bits per heavy atom. The van der Waals surface area contributed by atoms with Crippen LogP contribution in [0.15, 0.2) is 35.2 Å². The first-order valence-electron chi connectivity index (χ1n) is 6.47. The van der Waals surface area contributed by atoms with Crippen LogP contribution in [-0.2, 0) is 9.53 Å². The number of benzene rings is 1. The van der Waals surface area contributed by atoms with Crippen LogP contribution in [0.1, 0.15) is 6.42 Å². The zero-order valence-electron chi connectivity index (χ0n) is 10.8. The minimum atomic E-state index is -0.223. The number of ether oxygens (including phenoxy) is 1. The third-order valence-electron chi connectivity index (χ3n) is 3.02. The molecule has 0 spiro atoms. The van der Waals surface area contributed by atoms with Crippen molar-refractivity contribution < 1.29 is 14.6 Å². The van der Waals surface area contributed by atoms with Gasteiger partial charge in [0.05, 0.1) is 19.3 Å². The topological polar surface area (TPSA) is 49.8 Å². The Hall–Kier alpha value is -1.04. The van der Waals surface area contributed by atoms with Gasteiger partial charge in [-0.05, 0) is 12.1 Å². The summed E-state index contributed by atoms with van der Waals surface area (Å²) in [5.74, 6) is 0.925. The average Bonchev–Trinajstić information content (AvgIpc) is 2.48. The molecule has 1 unspecified atom stereocenters. The standard InChI is InChI=1S/C14H19NO3S/c16-11-12-10-15(7-8-18-12)14(17)6-9-19-13-4-2-1-3-5-13/h1-5,12,16H,6-11H2. The fraction of sp³-hybridized carbons (Fsp3) is 0.500. The predicted molar refractivity (Wildman–Crippen MR) is 75.2 cm³/mol. The van der Waals surface area contributed by atoms with E-state index in [1.165, 1.54) is 4.90 Å². The molecule has 0 bridgehead atoms. The molecule has 0 saturated carbocycles. The SMILES string of the molecule is O=C(CCSc1ccccc1)N1CCOC(CO)C1. The molecule has 1 N–H and O–H groups in total. The van der Waals surface area contributed by atoms with Gasteiger partial charge in [0.1, 0.15) is 0 Å². The second-order valence-corrected chi connectivity index (χ2v) is 5.59. The number of rotatable bonds is 5. The van der Waals surface area contributed by atoms with Crippen molar-refractivity contribution in [1.29, 1.82) is 0 Å². The summed E-state index contributed by atoms with van der Waals surface area (Å²) in [4.78, 5) is 15.0. The molecule has 0 radical (unpaired) electrons. The molecule has 19 heavy (non-hydrogen) atoms. The molecule has 2 rings (SSSR count). The zero-order valence-corrected chi connectivity index (χ0v) is 11.6. The van der Waals surface area contributed by atoms with Crippen LogP contribution >= 0.6 is 11.8 Å². The first-order valence-corrected chi connectivity index (χ1v) is 7.46. The van der Waals surface area contributed by atoms with E-state index in [-0.39, 0.29) is 18.6 Å². The lowest BCUT2D eigenvalue weighted by molar-refractivity contribution is -0.139. The summed E-state index contributed by atoms with van der Waals surface area (Å²) in [6, 6.07) is 10.1. The van der Waals surface area contributed by atoms with E-state index in [9.17, 15) is 4.79 Å². The van der Waals surface area contributed by atoms with Crippen molar-refractivity contribution in [3.05, 3.63) is 30.3 Å². The van der Waals surface area contributed by atoms with Crippen molar-refractivity contribution >= 4 is 17.7 Å². The minimum Gasteiger partial charge on any atom is -0.394 e. The molecule has 1 atom stereocenters. The van der Waals surface area contributed by atoms with Gasteiger partial charge in [-0.25, -0.2) is 0 Å². The van der Waals surface area contributed by atoms with E-state index >= 15 is 0 Å². The lowest BCUT2D eigenvalue weighted by Crippen LogP contribution is -2.47. The number of amides is 1. The summed E-state index contributed by atoms with van der Waals surface area (Å²) in [6.07, 6.45) is 0.303. The Morgan fingerprint density at radius 2 is 2.21 bits per heavy atom. The number of thioether (sulfide) groups is 1. The summed E-state index contributed by atoms with van der Waals surface area (Å²) in [6.45, 7) is 1.63. The molecule has 104 valence electrons. The first-order chi connectivity index (χ1) is 9.29. The van der Waals surface area contributed by atoms with Gasteiger partial charge in [0.15, 0.2) is 0 Å². The van der Waals surface area contributed by atoms with Gasteiger partial charge < -0.3 is 14.7 Å². The molecular formula is C14H19NO3S. The smallest absolute Gasteiger partial charge is 0.223 e. The fourth-order valence-electron chi connectivity index (χ4n) is 1.99. The highest BCUT2D eigenvalue weighted by molar-refractivity contribution is 7.99. The van der Waals surface area contributed by atoms with Gasteiger partial charge in [-0.2, -0.15) is 0 Å². The summed E-state index contributed by atoms with van der Waals surface area (Å²) < 4.78 is 5.33. The number of nitrogens with zero attached hydrogens (tertiary/aromatic N) is 1. The number of hydrogen-bond acceptors (Lipinski definition) is 4. The molecule has 1 aromatic rings. The van der Waals surface area contributed by atoms with Crippen molar-refractivity contribution in [3.63, 3.8) is 0 Å². The van der Waals surface area contributed by atoms with Gasteiger partial charge in [-0.15, -0.1) is 11.8 Å². The molecule has 0 aromatic heterocycles. The first kappa shape index (κ1) is 14.4. The largest absolute Gasteiger partial charge is 0.394 e. The van der Waals surface area contributed by atoms with Crippen LogP contribution < -0.4 is 0 Å². The normalized spacial score (nSPS) is 19.4. The number of aliphatic hydroxyl groups excluding tert-OH is 1. The van der Waals surface area contributed by atoms with E-state index < -0.39 is 0 Å². The van der Waals surface area contributed by atoms with E-state index in [0.29, 0.717) is 26.1 Å². The van der Waals surface area contributed by atoms with Crippen LogP contribution in [0.5, 0.6) is 0 Å². The predicted octanol–water partition coefficient (Wildman–Crippen LogP) is 1.39. The molecule has 1 fully saturated rings. The van der Waals surface area contributed by atoms with Crippen molar-refractivity contribution in [2.75, 3.05) is 32.1 Å². The number of aliphatic hydroxyl groups is 1. The lowest BCUT2D eigenvalue weighted by atomic mass is 10.2. The van der Waals surface area contributed by atoms with Gasteiger partial charge in [0.2, 0.25) is 5.91 Å². The van der Waals surface area contributed by atoms with E-state index in [0.717, 1.165) is 5.75 Å². The highest BCUT2D eigenvalue weighted by atomic mass is 32.2. The zero-order chi connectivity index (χ0) is 13.5. The quantitative estimate of drug-likeness (QED) is 0.829. The third kappa shape index (κ3) is 4.53. The molecule has 4 nitrogen and oxygen atoms in total. The van der Waals surface area contributed by atoms with Gasteiger partial charge in [0.25, 0.3) is 0 Å². The maximum atomic E-state index is 12.0. The van der Waals surface area contributed by atoms with Crippen molar-refractivity contribution in [2.24, 2.45) is 0 Å². The van der Waals surface area contributed by atoms with E-state index in [1.54, 1.807) is 16.7 Å². The molecule has 1 aliphatic heterocycles. The van der Waals surface area contributed by atoms with Crippen LogP contribution in [0.25, 0.3) is 0 Å². The monoisotopic (exact) mass is 281 g/mol. The van der Waals surface area contributed by atoms with Gasteiger partial charge in [-0.3, -0.25) is 4.79 Å². The van der Waals surface area contributed by atoms with Crippen molar-refractivity contribution in [1.82, 2.24) is 4.90 Å². The lowest BCUT2D eigenvalue weighted by Gasteiger charge is -2.32. The Kier molecular flexibility index (Phi) is 5.69.